The number of carbonyl (C=O) groups excluding carboxylic acids is 3. The maximum Gasteiger partial charge on any atom is 0.312 e. The Bertz CT molecular complexity index is 1120. The third-order valence-corrected chi connectivity index (χ3v) is 11.2. The molecule has 0 bridgehead atoms. The second-order valence-electron chi connectivity index (χ2n) is 15.4. The van der Waals surface area contributed by atoms with Crippen molar-refractivity contribution in [2.75, 3.05) is 40.8 Å². The van der Waals surface area contributed by atoms with E-state index in [1.54, 1.807) is 41.5 Å². The Hall–Kier alpha value is -1.91. The van der Waals surface area contributed by atoms with Crippen LogP contribution in [0.5, 0.6) is 0 Å². The fourth-order valence-electron chi connectivity index (χ4n) is 7.62. The predicted molar refractivity (Wildman–Crippen MR) is 192 cm³/mol. The molecule has 0 aromatic rings. The third-order valence-electron chi connectivity index (χ3n) is 11.2. The van der Waals surface area contributed by atoms with Crippen molar-refractivity contribution in [2.24, 2.45) is 17.8 Å². The topological polar surface area (TPSA) is 177 Å². The highest BCUT2D eigenvalue weighted by Gasteiger charge is 2.52. The predicted octanol–water partition coefficient (Wildman–Crippen LogP) is 2.10. The standard InChI is InChI=1S/C37H69N3O11/c1-14-27-37(10,46)31(43)25(8)38-33(44)21(4)20-36(9,47-13)32(51-35-29(42)26(39(11)12)19-22(5)48-35)23(6)30(24(7)34(45)49-27)50-28(41)17-18-40(15-2)16-3/h21-27,29-32,35,42-43,46H,14-20H2,1-13H3,(H,38,44)/t21-,22-,23+,24-,25-,26+,27-,29+,30+,31+,32-,35+,36-,37-/m1/s1. The van der Waals surface area contributed by atoms with Gasteiger partial charge >= 0.3 is 11.9 Å². The van der Waals surface area contributed by atoms with Gasteiger partial charge in [-0.2, -0.15) is 0 Å². The van der Waals surface area contributed by atoms with Gasteiger partial charge in [-0.1, -0.05) is 34.6 Å². The first-order valence-electron chi connectivity index (χ1n) is 18.7. The number of methoxy groups -OCH3 is 1. The average molecular weight is 732 g/mol. The van der Waals surface area contributed by atoms with E-state index < -0.39 is 89.7 Å². The van der Waals surface area contributed by atoms with Crippen LogP contribution in [0.3, 0.4) is 0 Å². The zero-order valence-electron chi connectivity index (χ0n) is 33.4. The number of likely N-dealkylation sites (N-methyl/N-ethyl adjacent to an activating group) is 1. The summed E-state index contributed by atoms with van der Waals surface area (Å²) < 4.78 is 31.2. The number of esters is 2. The molecule has 298 valence electrons. The zero-order chi connectivity index (χ0) is 39.0. The minimum absolute atomic E-state index is 0.0692. The van der Waals surface area contributed by atoms with E-state index in [-0.39, 0.29) is 31.4 Å². The van der Waals surface area contributed by atoms with Crippen molar-refractivity contribution in [1.29, 1.82) is 0 Å². The van der Waals surface area contributed by atoms with E-state index in [1.807, 2.05) is 39.8 Å². The first-order chi connectivity index (χ1) is 23.7. The highest BCUT2D eigenvalue weighted by atomic mass is 16.7. The van der Waals surface area contributed by atoms with Gasteiger partial charge in [0.05, 0.1) is 36.2 Å². The highest BCUT2D eigenvalue weighted by molar-refractivity contribution is 5.79. The van der Waals surface area contributed by atoms with Gasteiger partial charge in [0, 0.05) is 31.5 Å². The van der Waals surface area contributed by atoms with Crippen molar-refractivity contribution in [3.63, 3.8) is 0 Å². The molecule has 14 atom stereocenters. The number of amides is 1. The van der Waals surface area contributed by atoms with Crippen molar-refractivity contribution in [3.05, 3.63) is 0 Å². The van der Waals surface area contributed by atoms with Gasteiger partial charge in [0.1, 0.15) is 30.0 Å². The molecule has 1 amide bonds. The number of carbonyl (C=O) groups is 3. The second kappa shape index (κ2) is 19.4. The molecule has 2 saturated heterocycles. The number of nitrogens with zero attached hydrogens (tertiary/aromatic N) is 2. The lowest BCUT2D eigenvalue weighted by atomic mass is 9.77. The molecule has 14 heteroatoms. The number of nitrogens with one attached hydrogen (secondary N) is 1. The van der Waals surface area contributed by atoms with E-state index in [0.717, 1.165) is 13.1 Å². The smallest absolute Gasteiger partial charge is 0.312 e. The van der Waals surface area contributed by atoms with Crippen LogP contribution in [0.2, 0.25) is 0 Å². The van der Waals surface area contributed by atoms with E-state index in [0.29, 0.717) is 13.0 Å². The maximum atomic E-state index is 14.0. The lowest BCUT2D eigenvalue weighted by Crippen LogP contribution is -2.60. The first-order valence-corrected chi connectivity index (χ1v) is 18.7. The summed E-state index contributed by atoms with van der Waals surface area (Å²) in [5.74, 6) is -4.25. The Morgan fingerprint density at radius 3 is 2.18 bits per heavy atom. The molecule has 0 saturated carbocycles. The summed E-state index contributed by atoms with van der Waals surface area (Å²) in [6.45, 7) is 19.4. The van der Waals surface area contributed by atoms with Crippen LogP contribution < -0.4 is 5.32 Å². The fourth-order valence-corrected chi connectivity index (χ4v) is 7.62. The molecular formula is C37H69N3O11. The normalized spacial score (nSPS) is 40.7. The van der Waals surface area contributed by atoms with E-state index in [4.69, 9.17) is 23.7 Å². The summed E-state index contributed by atoms with van der Waals surface area (Å²) in [5.41, 5.74) is -3.20. The molecule has 2 aliphatic rings. The molecule has 0 unspecified atom stereocenters. The van der Waals surface area contributed by atoms with Crippen LogP contribution in [0.4, 0.5) is 0 Å². The Labute approximate surface area is 305 Å². The summed E-state index contributed by atoms with van der Waals surface area (Å²) in [6.07, 6.45) is -6.36. The van der Waals surface area contributed by atoms with E-state index in [9.17, 15) is 29.7 Å². The van der Waals surface area contributed by atoms with E-state index >= 15 is 0 Å². The average Bonchev–Trinajstić information content (AvgIpc) is 3.08. The first kappa shape index (κ1) is 45.2. The summed E-state index contributed by atoms with van der Waals surface area (Å²) in [6, 6.07) is -1.20. The van der Waals surface area contributed by atoms with Crippen molar-refractivity contribution < 1.29 is 53.4 Å². The van der Waals surface area contributed by atoms with Gasteiger partial charge in [0.15, 0.2) is 6.29 Å². The van der Waals surface area contributed by atoms with Crippen molar-refractivity contribution in [2.45, 2.75) is 161 Å². The third kappa shape index (κ3) is 11.3. The van der Waals surface area contributed by atoms with Crippen LogP contribution in [-0.2, 0) is 38.1 Å². The van der Waals surface area contributed by atoms with Gasteiger partial charge in [-0.25, -0.2) is 0 Å². The van der Waals surface area contributed by atoms with Gasteiger partial charge in [0.25, 0.3) is 0 Å². The maximum absolute atomic E-state index is 14.0. The number of aliphatic hydroxyl groups is 3. The number of aliphatic hydroxyl groups excluding tert-OH is 2. The molecule has 51 heavy (non-hydrogen) atoms. The van der Waals surface area contributed by atoms with Crippen LogP contribution in [0.25, 0.3) is 0 Å². The molecule has 0 aromatic heterocycles. The SMILES string of the molecule is CC[C@H]1OC(=O)[C@H](C)[C@@H](OC(=O)CCN(CC)CC)[C@H](C)[C@@H](O[C@@H]2O[C@H](C)C[C@H](N(C)C)[C@@H]2O)[C@](C)(OC)C[C@@H](C)C(=O)N[C@H](C)[C@H](O)[C@]1(C)O. The molecule has 2 rings (SSSR count). The lowest BCUT2D eigenvalue weighted by molar-refractivity contribution is -0.301. The van der Waals surface area contributed by atoms with Gasteiger partial charge < -0.3 is 54.1 Å². The molecule has 14 nitrogen and oxygen atoms in total. The summed E-state index contributed by atoms with van der Waals surface area (Å²) in [5, 5.41) is 37.1. The number of hydrogen-bond donors (Lipinski definition) is 4. The molecule has 4 N–H and O–H groups in total. The van der Waals surface area contributed by atoms with Gasteiger partial charge in [-0.3, -0.25) is 14.4 Å². The molecule has 2 heterocycles. The molecule has 2 aliphatic heterocycles. The van der Waals surface area contributed by atoms with Crippen LogP contribution in [0.15, 0.2) is 0 Å². The van der Waals surface area contributed by atoms with Crippen molar-refractivity contribution >= 4 is 17.8 Å². The summed E-state index contributed by atoms with van der Waals surface area (Å²) >= 11 is 0. The van der Waals surface area contributed by atoms with Gasteiger partial charge in [0.2, 0.25) is 5.91 Å². The molecular weight excluding hydrogens is 662 g/mol. The van der Waals surface area contributed by atoms with Crippen LogP contribution in [0, 0.1) is 17.8 Å². The summed E-state index contributed by atoms with van der Waals surface area (Å²) in [7, 11) is 5.23. The molecule has 0 spiro atoms. The largest absolute Gasteiger partial charge is 0.461 e. The van der Waals surface area contributed by atoms with Crippen molar-refractivity contribution in [3.8, 4) is 0 Å². The number of rotatable bonds is 11. The Kier molecular flexibility index (Phi) is 17.2. The number of hydrogen-bond acceptors (Lipinski definition) is 13. The number of cyclic esters (lactones) is 1. The molecule has 0 aromatic carbocycles. The molecule has 0 aliphatic carbocycles. The van der Waals surface area contributed by atoms with Crippen LogP contribution >= 0.6 is 0 Å². The monoisotopic (exact) mass is 731 g/mol. The van der Waals surface area contributed by atoms with Crippen LogP contribution in [-0.4, -0.2) is 150 Å². The van der Waals surface area contributed by atoms with Crippen LogP contribution in [0.1, 0.15) is 94.9 Å². The van der Waals surface area contributed by atoms with Gasteiger partial charge in [-0.15, -0.1) is 0 Å². The minimum atomic E-state index is -1.94. The fraction of sp³-hybridized carbons (Fsp3) is 0.919. The number of ether oxygens (including phenoxy) is 5. The Morgan fingerprint density at radius 2 is 1.65 bits per heavy atom. The minimum Gasteiger partial charge on any atom is -0.461 e. The quantitative estimate of drug-likeness (QED) is 0.228. The lowest BCUT2D eigenvalue weighted by Gasteiger charge is -2.48. The zero-order valence-corrected chi connectivity index (χ0v) is 33.4. The summed E-state index contributed by atoms with van der Waals surface area (Å²) in [4.78, 5) is 45.2. The van der Waals surface area contributed by atoms with E-state index in [2.05, 4.69) is 10.2 Å². The Balaban J connectivity index is 2.76. The molecule has 2 fully saturated rings. The van der Waals surface area contributed by atoms with Gasteiger partial charge in [-0.05, 0) is 81.1 Å². The molecule has 0 radical (unpaired) electrons. The highest BCUT2D eigenvalue weighted by Crippen LogP contribution is 2.39. The second-order valence-corrected chi connectivity index (χ2v) is 15.4. The van der Waals surface area contributed by atoms with Crippen molar-refractivity contribution in [1.82, 2.24) is 15.1 Å². The Morgan fingerprint density at radius 1 is 1.04 bits per heavy atom. The van der Waals surface area contributed by atoms with E-state index in [1.165, 1.54) is 14.0 Å².